The predicted octanol–water partition coefficient (Wildman–Crippen LogP) is 2.74. The molecule has 0 aliphatic rings. The Hall–Kier alpha value is -3.02. The van der Waals surface area contributed by atoms with Gasteiger partial charge in [-0.15, -0.1) is 0 Å². The highest BCUT2D eigenvalue weighted by Gasteiger charge is 2.15. The van der Waals surface area contributed by atoms with Gasteiger partial charge in [0, 0.05) is 30.2 Å². The lowest BCUT2D eigenvalue weighted by Crippen LogP contribution is -2.19. The quantitative estimate of drug-likeness (QED) is 0.798. The Kier molecular flexibility index (Phi) is 4.12. The molecule has 0 amide bonds. The third kappa shape index (κ3) is 2.67. The summed E-state index contributed by atoms with van der Waals surface area (Å²) in [5, 5.41) is 9.51. The molecule has 0 radical (unpaired) electrons. The monoisotopic (exact) mass is 323 g/mol. The SMILES string of the molecule is CCc1cc(-c2ccc3c(=O)c(C(=O)O)cn(CC)c3n2)ccn1. The van der Waals surface area contributed by atoms with Crippen molar-refractivity contribution < 1.29 is 9.90 Å². The van der Waals surface area contributed by atoms with Crippen LogP contribution in [0.3, 0.4) is 0 Å². The van der Waals surface area contributed by atoms with Gasteiger partial charge in [-0.05, 0) is 37.6 Å². The Bertz CT molecular complexity index is 992. The zero-order valence-corrected chi connectivity index (χ0v) is 13.5. The summed E-state index contributed by atoms with van der Waals surface area (Å²) in [7, 11) is 0. The maximum absolute atomic E-state index is 12.3. The van der Waals surface area contributed by atoms with Crippen molar-refractivity contribution in [2.45, 2.75) is 26.8 Å². The van der Waals surface area contributed by atoms with Gasteiger partial charge in [-0.3, -0.25) is 9.78 Å². The number of carbonyl (C=O) groups is 1. The first kappa shape index (κ1) is 15.9. The van der Waals surface area contributed by atoms with Gasteiger partial charge in [-0.1, -0.05) is 6.92 Å². The molecule has 6 heteroatoms. The van der Waals surface area contributed by atoms with Gasteiger partial charge in [0.05, 0.1) is 11.1 Å². The van der Waals surface area contributed by atoms with Crippen LogP contribution in [0.25, 0.3) is 22.3 Å². The lowest BCUT2D eigenvalue weighted by molar-refractivity contribution is 0.0695. The molecule has 3 rings (SSSR count). The topological polar surface area (TPSA) is 85.1 Å². The van der Waals surface area contributed by atoms with Crippen LogP contribution in [0.4, 0.5) is 0 Å². The molecule has 0 aromatic carbocycles. The molecule has 0 saturated carbocycles. The van der Waals surface area contributed by atoms with Crippen LogP contribution in [0, 0.1) is 0 Å². The number of rotatable bonds is 4. The van der Waals surface area contributed by atoms with Gasteiger partial charge in [0.15, 0.2) is 0 Å². The summed E-state index contributed by atoms with van der Waals surface area (Å²) in [5.41, 5.74) is 2.34. The van der Waals surface area contributed by atoms with Crippen LogP contribution in [0.15, 0.2) is 41.5 Å². The number of aromatic carboxylic acids is 1. The Labute approximate surface area is 138 Å². The molecule has 0 bridgehead atoms. The van der Waals surface area contributed by atoms with Crippen molar-refractivity contribution >= 4 is 17.0 Å². The van der Waals surface area contributed by atoms with Crippen LogP contribution >= 0.6 is 0 Å². The van der Waals surface area contributed by atoms with Crippen LogP contribution in [0.1, 0.15) is 29.9 Å². The zero-order chi connectivity index (χ0) is 17.3. The predicted molar refractivity (Wildman–Crippen MR) is 91.2 cm³/mol. The molecule has 1 N–H and O–H groups in total. The van der Waals surface area contributed by atoms with Crippen LogP contribution < -0.4 is 5.43 Å². The molecule has 0 fully saturated rings. The number of hydrogen-bond acceptors (Lipinski definition) is 4. The average Bonchev–Trinajstić information content (AvgIpc) is 2.61. The number of fused-ring (bicyclic) bond motifs is 1. The molecule has 122 valence electrons. The van der Waals surface area contributed by atoms with E-state index in [2.05, 4.69) is 9.97 Å². The Morgan fingerprint density at radius 3 is 2.71 bits per heavy atom. The van der Waals surface area contributed by atoms with Crippen LogP contribution in [-0.2, 0) is 13.0 Å². The van der Waals surface area contributed by atoms with Gasteiger partial charge in [0.25, 0.3) is 0 Å². The molecule has 6 nitrogen and oxygen atoms in total. The van der Waals surface area contributed by atoms with E-state index in [1.807, 2.05) is 26.0 Å². The van der Waals surface area contributed by atoms with E-state index in [4.69, 9.17) is 0 Å². The van der Waals surface area contributed by atoms with E-state index in [9.17, 15) is 14.7 Å². The number of pyridine rings is 3. The van der Waals surface area contributed by atoms with Crippen LogP contribution in [0.5, 0.6) is 0 Å². The summed E-state index contributed by atoms with van der Waals surface area (Å²) in [6, 6.07) is 7.22. The zero-order valence-electron chi connectivity index (χ0n) is 13.5. The molecule has 0 aliphatic heterocycles. The number of carboxylic acids is 1. The third-order valence-corrected chi connectivity index (χ3v) is 3.97. The van der Waals surface area contributed by atoms with E-state index in [0.717, 1.165) is 23.4 Å². The number of nitrogens with zero attached hydrogens (tertiary/aromatic N) is 3. The molecule has 0 unspecified atom stereocenters. The lowest BCUT2D eigenvalue weighted by Gasteiger charge is -2.11. The van der Waals surface area contributed by atoms with Gasteiger partial charge in [0.1, 0.15) is 11.2 Å². The molecule has 0 aliphatic carbocycles. The Balaban J connectivity index is 2.26. The third-order valence-electron chi connectivity index (χ3n) is 3.97. The maximum atomic E-state index is 12.3. The second-order valence-electron chi connectivity index (χ2n) is 5.42. The molecule has 24 heavy (non-hydrogen) atoms. The van der Waals surface area contributed by atoms with E-state index in [1.165, 1.54) is 6.20 Å². The summed E-state index contributed by atoms with van der Waals surface area (Å²) in [6.45, 7) is 4.43. The van der Waals surface area contributed by atoms with Gasteiger partial charge < -0.3 is 9.67 Å². The molecule has 0 spiro atoms. The average molecular weight is 323 g/mol. The molecule has 3 heterocycles. The van der Waals surface area contributed by atoms with Crippen molar-refractivity contribution in [3.05, 3.63) is 58.1 Å². The van der Waals surface area contributed by atoms with Gasteiger partial charge in [-0.25, -0.2) is 9.78 Å². The first-order valence-electron chi connectivity index (χ1n) is 7.78. The molecular formula is C18H17N3O3. The summed E-state index contributed by atoms with van der Waals surface area (Å²) in [6.07, 6.45) is 3.91. The fraction of sp³-hybridized carbons (Fsp3) is 0.222. The van der Waals surface area contributed by atoms with Crippen molar-refractivity contribution in [2.24, 2.45) is 0 Å². The number of aryl methyl sites for hydroxylation is 2. The maximum Gasteiger partial charge on any atom is 0.341 e. The van der Waals surface area contributed by atoms with E-state index in [0.29, 0.717) is 17.6 Å². The van der Waals surface area contributed by atoms with E-state index in [-0.39, 0.29) is 5.56 Å². The summed E-state index contributed by atoms with van der Waals surface area (Å²) < 4.78 is 1.69. The lowest BCUT2D eigenvalue weighted by atomic mass is 10.1. The first-order valence-corrected chi connectivity index (χ1v) is 7.78. The molecule has 0 saturated heterocycles. The van der Waals surface area contributed by atoms with Crippen LogP contribution in [-0.4, -0.2) is 25.6 Å². The first-order chi connectivity index (χ1) is 11.5. The minimum atomic E-state index is -1.23. The smallest absolute Gasteiger partial charge is 0.341 e. The highest BCUT2D eigenvalue weighted by atomic mass is 16.4. The van der Waals surface area contributed by atoms with Crippen molar-refractivity contribution in [1.29, 1.82) is 0 Å². The highest BCUT2D eigenvalue weighted by Crippen LogP contribution is 2.20. The Morgan fingerprint density at radius 1 is 1.25 bits per heavy atom. The van der Waals surface area contributed by atoms with E-state index < -0.39 is 11.4 Å². The number of carboxylic acid groups (broad SMARTS) is 1. The van der Waals surface area contributed by atoms with Crippen molar-refractivity contribution in [3.63, 3.8) is 0 Å². The van der Waals surface area contributed by atoms with Gasteiger partial charge in [0.2, 0.25) is 5.43 Å². The number of aromatic nitrogens is 3. The van der Waals surface area contributed by atoms with Crippen molar-refractivity contribution in [1.82, 2.24) is 14.5 Å². The van der Waals surface area contributed by atoms with Crippen molar-refractivity contribution in [3.8, 4) is 11.3 Å². The second kappa shape index (κ2) is 6.23. The molecular weight excluding hydrogens is 306 g/mol. The molecule has 3 aromatic rings. The Morgan fingerprint density at radius 2 is 2.04 bits per heavy atom. The van der Waals surface area contributed by atoms with Crippen LogP contribution in [0.2, 0.25) is 0 Å². The minimum absolute atomic E-state index is 0.240. The summed E-state index contributed by atoms with van der Waals surface area (Å²) >= 11 is 0. The molecule has 0 atom stereocenters. The standard InChI is InChI=1S/C18H17N3O3/c1-3-12-9-11(7-8-19-12)15-6-5-13-16(22)14(18(23)24)10-21(4-2)17(13)20-15/h5-10H,3-4H2,1-2H3,(H,23,24). The minimum Gasteiger partial charge on any atom is -0.477 e. The van der Waals surface area contributed by atoms with E-state index >= 15 is 0 Å². The summed E-state index contributed by atoms with van der Waals surface area (Å²) in [4.78, 5) is 32.5. The van der Waals surface area contributed by atoms with Gasteiger partial charge >= 0.3 is 5.97 Å². The fourth-order valence-electron chi connectivity index (χ4n) is 2.65. The largest absolute Gasteiger partial charge is 0.477 e. The molecule has 3 aromatic heterocycles. The summed E-state index contributed by atoms with van der Waals surface area (Å²) in [5.74, 6) is -1.23. The van der Waals surface area contributed by atoms with E-state index in [1.54, 1.807) is 22.9 Å². The van der Waals surface area contributed by atoms with Crippen molar-refractivity contribution in [2.75, 3.05) is 0 Å². The van der Waals surface area contributed by atoms with Gasteiger partial charge in [-0.2, -0.15) is 0 Å². The highest BCUT2D eigenvalue weighted by molar-refractivity contribution is 5.92. The second-order valence-corrected chi connectivity index (χ2v) is 5.42. The number of hydrogen-bond donors (Lipinski definition) is 1. The normalized spacial score (nSPS) is 10.9. The fourth-order valence-corrected chi connectivity index (χ4v) is 2.65.